The van der Waals surface area contributed by atoms with Crippen LogP contribution in [0.25, 0.3) is 11.0 Å². The second-order valence-electron chi connectivity index (χ2n) is 6.95. The molecule has 0 aliphatic carbocycles. The SMILES string of the molecule is CCOc1cccc(C2c3c(oc4ccc(Br)cc4c3=O)C(=O)N2c2ncccn2)c1. The van der Waals surface area contributed by atoms with Gasteiger partial charge in [0.25, 0.3) is 5.91 Å². The summed E-state index contributed by atoms with van der Waals surface area (Å²) in [6.07, 6.45) is 3.10. The summed E-state index contributed by atoms with van der Waals surface area (Å²) >= 11 is 3.40. The number of ether oxygens (including phenoxy) is 1. The number of amides is 1. The zero-order valence-corrected chi connectivity index (χ0v) is 18.0. The third-order valence-corrected chi connectivity index (χ3v) is 5.58. The summed E-state index contributed by atoms with van der Waals surface area (Å²) < 4.78 is 12.3. The quantitative estimate of drug-likeness (QED) is 0.430. The third-order valence-electron chi connectivity index (χ3n) is 5.08. The van der Waals surface area contributed by atoms with Crippen LogP contribution in [0.1, 0.15) is 34.6 Å². The molecule has 0 radical (unpaired) electrons. The summed E-state index contributed by atoms with van der Waals surface area (Å²) in [5.74, 6) is 0.368. The van der Waals surface area contributed by atoms with Crippen LogP contribution < -0.4 is 15.1 Å². The first-order chi connectivity index (χ1) is 15.1. The smallest absolute Gasteiger partial charge is 0.297 e. The maximum Gasteiger partial charge on any atom is 0.297 e. The maximum absolute atomic E-state index is 13.6. The van der Waals surface area contributed by atoms with Crippen molar-refractivity contribution in [3.63, 3.8) is 0 Å². The Labute approximate surface area is 185 Å². The van der Waals surface area contributed by atoms with Gasteiger partial charge in [-0.25, -0.2) is 9.97 Å². The van der Waals surface area contributed by atoms with Crippen LogP contribution in [0.15, 0.2) is 74.6 Å². The Balaban J connectivity index is 1.80. The fourth-order valence-corrected chi connectivity index (χ4v) is 4.18. The zero-order valence-electron chi connectivity index (χ0n) is 16.4. The fourth-order valence-electron chi connectivity index (χ4n) is 3.82. The lowest BCUT2D eigenvalue weighted by Gasteiger charge is -2.23. The van der Waals surface area contributed by atoms with Crippen LogP contribution in [0.2, 0.25) is 0 Å². The Hall–Kier alpha value is -3.52. The van der Waals surface area contributed by atoms with E-state index in [2.05, 4.69) is 25.9 Å². The van der Waals surface area contributed by atoms with Crippen LogP contribution in [0, 0.1) is 0 Å². The van der Waals surface area contributed by atoms with Crippen LogP contribution in [-0.4, -0.2) is 22.5 Å². The van der Waals surface area contributed by atoms with Crippen LogP contribution in [0.4, 0.5) is 5.95 Å². The molecular weight excluding hydrogens is 462 g/mol. The minimum atomic E-state index is -0.745. The largest absolute Gasteiger partial charge is 0.494 e. The number of benzene rings is 2. The van der Waals surface area contributed by atoms with E-state index in [1.54, 1.807) is 36.7 Å². The van der Waals surface area contributed by atoms with E-state index in [0.29, 0.717) is 28.9 Å². The molecule has 5 rings (SSSR count). The molecule has 154 valence electrons. The molecule has 2 aromatic heterocycles. The van der Waals surface area contributed by atoms with Gasteiger partial charge in [-0.05, 0) is 48.9 Å². The van der Waals surface area contributed by atoms with Crippen LogP contribution in [-0.2, 0) is 0 Å². The van der Waals surface area contributed by atoms with E-state index in [0.717, 1.165) is 4.47 Å². The normalized spacial score (nSPS) is 15.4. The molecule has 1 atom stereocenters. The first kappa shape index (κ1) is 19.4. The summed E-state index contributed by atoms with van der Waals surface area (Å²) in [6.45, 7) is 2.39. The third kappa shape index (κ3) is 3.19. The summed E-state index contributed by atoms with van der Waals surface area (Å²) in [6, 6.07) is 13.4. The molecule has 1 aliphatic rings. The second-order valence-corrected chi connectivity index (χ2v) is 7.86. The Kier molecular flexibility index (Phi) is 4.78. The van der Waals surface area contributed by atoms with Gasteiger partial charge < -0.3 is 9.15 Å². The standard InChI is InChI=1S/C23H16BrN3O4/c1-2-30-15-6-3-5-13(11-15)19-18-20(28)16-12-14(24)7-8-17(16)31-21(18)22(29)27(19)23-25-9-4-10-26-23/h3-12,19H,2H2,1H3. The van der Waals surface area contributed by atoms with Crippen LogP contribution in [0.5, 0.6) is 5.75 Å². The van der Waals surface area contributed by atoms with Crippen molar-refractivity contribution in [1.29, 1.82) is 0 Å². The zero-order chi connectivity index (χ0) is 21.5. The molecule has 0 saturated carbocycles. The summed E-state index contributed by atoms with van der Waals surface area (Å²) in [7, 11) is 0. The van der Waals surface area contributed by atoms with Gasteiger partial charge in [0.15, 0.2) is 5.43 Å². The van der Waals surface area contributed by atoms with E-state index in [1.807, 2.05) is 31.2 Å². The molecule has 4 aromatic rings. The number of carbonyl (C=O) groups excluding carboxylic acids is 1. The Morgan fingerprint density at radius 2 is 1.90 bits per heavy atom. The highest BCUT2D eigenvalue weighted by molar-refractivity contribution is 9.10. The molecule has 8 heteroatoms. The number of anilines is 1. The highest BCUT2D eigenvalue weighted by Gasteiger charge is 2.45. The number of hydrogen-bond acceptors (Lipinski definition) is 6. The van der Waals surface area contributed by atoms with Gasteiger partial charge in [-0.2, -0.15) is 0 Å². The van der Waals surface area contributed by atoms with E-state index in [-0.39, 0.29) is 22.7 Å². The number of carbonyl (C=O) groups is 1. The lowest BCUT2D eigenvalue weighted by molar-refractivity contribution is 0.0969. The van der Waals surface area contributed by atoms with E-state index < -0.39 is 11.9 Å². The summed E-state index contributed by atoms with van der Waals surface area (Å²) in [4.78, 5) is 36.9. The Morgan fingerprint density at radius 1 is 1.10 bits per heavy atom. The Morgan fingerprint density at radius 3 is 2.68 bits per heavy atom. The molecule has 3 heterocycles. The fraction of sp³-hybridized carbons (Fsp3) is 0.130. The van der Waals surface area contributed by atoms with Gasteiger partial charge in [0.05, 0.1) is 23.6 Å². The van der Waals surface area contributed by atoms with Gasteiger partial charge in [0.2, 0.25) is 11.7 Å². The van der Waals surface area contributed by atoms with E-state index in [9.17, 15) is 9.59 Å². The van der Waals surface area contributed by atoms with Gasteiger partial charge in [0, 0.05) is 16.9 Å². The van der Waals surface area contributed by atoms with E-state index in [1.165, 1.54) is 4.90 Å². The molecule has 1 aliphatic heterocycles. The van der Waals surface area contributed by atoms with Crippen molar-refractivity contribution in [2.75, 3.05) is 11.5 Å². The number of rotatable bonds is 4. The van der Waals surface area contributed by atoms with E-state index in [4.69, 9.17) is 9.15 Å². The van der Waals surface area contributed by atoms with Gasteiger partial charge >= 0.3 is 0 Å². The molecular formula is C23H16BrN3O4. The first-order valence-electron chi connectivity index (χ1n) is 9.68. The highest BCUT2D eigenvalue weighted by atomic mass is 79.9. The number of halogens is 1. The summed E-state index contributed by atoms with van der Waals surface area (Å²) in [5, 5.41) is 0.391. The average Bonchev–Trinajstić information content (AvgIpc) is 3.08. The van der Waals surface area contributed by atoms with Crippen molar-refractivity contribution >= 4 is 38.8 Å². The predicted molar refractivity (Wildman–Crippen MR) is 118 cm³/mol. The van der Waals surface area contributed by atoms with Crippen molar-refractivity contribution in [3.05, 3.63) is 92.5 Å². The van der Waals surface area contributed by atoms with E-state index >= 15 is 0 Å². The monoisotopic (exact) mass is 477 g/mol. The van der Waals surface area contributed by atoms with Crippen molar-refractivity contribution in [3.8, 4) is 5.75 Å². The Bertz CT molecular complexity index is 1370. The molecule has 31 heavy (non-hydrogen) atoms. The number of nitrogens with zero attached hydrogens (tertiary/aromatic N) is 3. The van der Waals surface area contributed by atoms with Gasteiger partial charge in [-0.15, -0.1) is 0 Å². The van der Waals surface area contributed by atoms with Gasteiger partial charge in [0.1, 0.15) is 11.3 Å². The molecule has 7 nitrogen and oxygen atoms in total. The molecule has 0 fully saturated rings. The van der Waals surface area contributed by atoms with Crippen molar-refractivity contribution < 1.29 is 13.9 Å². The number of fused-ring (bicyclic) bond motifs is 2. The first-order valence-corrected chi connectivity index (χ1v) is 10.5. The highest BCUT2D eigenvalue weighted by Crippen LogP contribution is 2.40. The van der Waals surface area contributed by atoms with Gasteiger partial charge in [-0.3, -0.25) is 14.5 Å². The number of aromatic nitrogens is 2. The second kappa shape index (κ2) is 7.63. The van der Waals surface area contributed by atoms with Crippen molar-refractivity contribution in [2.24, 2.45) is 0 Å². The number of hydrogen-bond donors (Lipinski definition) is 0. The predicted octanol–water partition coefficient (Wildman–Crippen LogP) is 4.49. The topological polar surface area (TPSA) is 85.5 Å². The molecule has 0 spiro atoms. The molecule has 2 aromatic carbocycles. The maximum atomic E-state index is 13.6. The summed E-state index contributed by atoms with van der Waals surface area (Å²) in [5.41, 5.74) is 1.04. The lowest BCUT2D eigenvalue weighted by Crippen LogP contribution is -2.31. The van der Waals surface area contributed by atoms with Gasteiger partial charge in [-0.1, -0.05) is 28.1 Å². The van der Waals surface area contributed by atoms with Crippen molar-refractivity contribution in [2.45, 2.75) is 13.0 Å². The molecule has 0 bridgehead atoms. The molecule has 1 unspecified atom stereocenters. The molecule has 0 saturated heterocycles. The lowest BCUT2D eigenvalue weighted by atomic mass is 9.98. The average molecular weight is 478 g/mol. The van der Waals surface area contributed by atoms with Crippen molar-refractivity contribution in [1.82, 2.24) is 9.97 Å². The minimum absolute atomic E-state index is 0.000844. The van der Waals surface area contributed by atoms with Crippen LogP contribution >= 0.6 is 15.9 Å². The molecule has 1 amide bonds. The minimum Gasteiger partial charge on any atom is -0.494 e. The van der Waals surface area contributed by atoms with Crippen LogP contribution in [0.3, 0.4) is 0 Å². The molecule has 0 N–H and O–H groups in total.